The number of carbonyl (C=O) groups is 2. The number of fused-ring (bicyclic) bond motifs is 1. The lowest BCUT2D eigenvalue weighted by Gasteiger charge is -2.20. The zero-order valence-electron chi connectivity index (χ0n) is 20.4. The average molecular weight is 471 g/mol. The molecule has 174 valence electrons. The fraction of sp³-hybridized carbons (Fsp3) is 0.276. The fourth-order valence-electron chi connectivity index (χ4n) is 4.63. The van der Waals surface area contributed by atoms with Gasteiger partial charge in [-0.2, -0.15) is 0 Å². The molecule has 2 aromatic heterocycles. The Morgan fingerprint density at radius 1 is 1.03 bits per heavy atom. The van der Waals surface area contributed by atoms with Gasteiger partial charge in [0.25, 0.3) is 5.91 Å². The predicted molar refractivity (Wildman–Crippen MR) is 141 cm³/mol. The van der Waals surface area contributed by atoms with Crippen LogP contribution in [-0.4, -0.2) is 16.7 Å². The minimum atomic E-state index is -0.221. The molecule has 2 heterocycles. The van der Waals surface area contributed by atoms with E-state index >= 15 is 0 Å². The molecule has 1 unspecified atom stereocenters. The highest BCUT2D eigenvalue weighted by atomic mass is 32.1. The SMILES string of the molecule is CCCC(NC(=O)c1sc2c(-c3cc(C)cc(C)c3)ccnc2c1C(C)=O)c1ccccc1C. The number of aryl methyl sites for hydroxylation is 3. The molecule has 4 rings (SSSR count). The fourth-order valence-corrected chi connectivity index (χ4v) is 5.88. The summed E-state index contributed by atoms with van der Waals surface area (Å²) in [6.45, 7) is 9.82. The molecule has 1 atom stereocenters. The summed E-state index contributed by atoms with van der Waals surface area (Å²) in [6, 6.07) is 16.4. The molecule has 0 aliphatic rings. The van der Waals surface area contributed by atoms with Gasteiger partial charge >= 0.3 is 0 Å². The molecule has 1 N–H and O–H groups in total. The van der Waals surface area contributed by atoms with Crippen molar-refractivity contribution >= 4 is 33.2 Å². The van der Waals surface area contributed by atoms with Gasteiger partial charge in [0.05, 0.1) is 21.8 Å². The normalized spacial score (nSPS) is 12.0. The van der Waals surface area contributed by atoms with Gasteiger partial charge in [-0.15, -0.1) is 11.3 Å². The van der Waals surface area contributed by atoms with E-state index < -0.39 is 0 Å². The van der Waals surface area contributed by atoms with E-state index in [-0.39, 0.29) is 17.7 Å². The van der Waals surface area contributed by atoms with Gasteiger partial charge in [-0.3, -0.25) is 14.6 Å². The highest BCUT2D eigenvalue weighted by Gasteiger charge is 2.26. The van der Waals surface area contributed by atoms with E-state index in [2.05, 4.69) is 68.3 Å². The molecule has 0 bridgehead atoms. The third-order valence-electron chi connectivity index (χ3n) is 6.11. The van der Waals surface area contributed by atoms with Gasteiger partial charge in [0, 0.05) is 11.8 Å². The van der Waals surface area contributed by atoms with Gasteiger partial charge in [-0.25, -0.2) is 0 Å². The van der Waals surface area contributed by atoms with Crippen LogP contribution < -0.4 is 5.32 Å². The van der Waals surface area contributed by atoms with Crippen LogP contribution in [0.2, 0.25) is 0 Å². The van der Waals surface area contributed by atoms with Crippen LogP contribution in [0.4, 0.5) is 0 Å². The molecule has 0 spiro atoms. The van der Waals surface area contributed by atoms with Gasteiger partial charge < -0.3 is 5.32 Å². The van der Waals surface area contributed by atoms with Crippen LogP contribution >= 0.6 is 11.3 Å². The average Bonchev–Trinajstić information content (AvgIpc) is 3.18. The second-order valence-corrected chi connectivity index (χ2v) is 9.97. The van der Waals surface area contributed by atoms with E-state index in [0.717, 1.165) is 39.8 Å². The highest BCUT2D eigenvalue weighted by Crippen LogP contribution is 2.38. The summed E-state index contributed by atoms with van der Waals surface area (Å²) in [5.41, 5.74) is 7.65. The number of benzene rings is 2. The molecule has 4 aromatic rings. The number of nitrogens with zero attached hydrogens (tertiary/aromatic N) is 1. The monoisotopic (exact) mass is 470 g/mol. The van der Waals surface area contributed by atoms with E-state index in [4.69, 9.17) is 0 Å². The summed E-state index contributed by atoms with van der Waals surface area (Å²) in [4.78, 5) is 31.3. The van der Waals surface area contributed by atoms with Crippen LogP contribution in [-0.2, 0) is 0 Å². The Morgan fingerprint density at radius 2 is 1.74 bits per heavy atom. The van der Waals surface area contributed by atoms with Crippen LogP contribution in [0.1, 0.15) is 75.0 Å². The summed E-state index contributed by atoms with van der Waals surface area (Å²) >= 11 is 1.36. The minimum Gasteiger partial charge on any atom is -0.345 e. The maximum atomic E-state index is 13.6. The summed E-state index contributed by atoms with van der Waals surface area (Å²) < 4.78 is 0.866. The molecule has 0 radical (unpaired) electrons. The van der Waals surface area contributed by atoms with Gasteiger partial charge in [-0.05, 0) is 56.9 Å². The Hall–Kier alpha value is -3.31. The zero-order chi connectivity index (χ0) is 24.4. The first kappa shape index (κ1) is 23.8. The predicted octanol–water partition coefficient (Wildman–Crippen LogP) is 7.36. The number of nitrogens with one attached hydrogen (secondary N) is 1. The molecule has 0 saturated carbocycles. The Balaban J connectivity index is 1.82. The van der Waals surface area contributed by atoms with E-state index in [1.54, 1.807) is 6.20 Å². The van der Waals surface area contributed by atoms with Gasteiger partial charge in [0.15, 0.2) is 5.78 Å². The Kier molecular flexibility index (Phi) is 6.94. The lowest BCUT2D eigenvalue weighted by atomic mass is 9.97. The van der Waals surface area contributed by atoms with Crippen molar-refractivity contribution in [3.05, 3.63) is 87.4 Å². The third kappa shape index (κ3) is 4.66. The van der Waals surface area contributed by atoms with Crippen LogP contribution in [0, 0.1) is 20.8 Å². The second-order valence-electron chi connectivity index (χ2n) is 8.95. The maximum Gasteiger partial charge on any atom is 0.262 e. The van der Waals surface area contributed by atoms with E-state index in [1.165, 1.54) is 29.4 Å². The van der Waals surface area contributed by atoms with Gasteiger partial charge in [0.2, 0.25) is 0 Å². The molecule has 0 fully saturated rings. The van der Waals surface area contributed by atoms with E-state index in [9.17, 15) is 9.59 Å². The summed E-state index contributed by atoms with van der Waals surface area (Å²) in [5, 5.41) is 3.22. The van der Waals surface area contributed by atoms with Crippen molar-refractivity contribution < 1.29 is 9.59 Å². The molecule has 5 heteroatoms. The van der Waals surface area contributed by atoms with Crippen molar-refractivity contribution in [3.63, 3.8) is 0 Å². The lowest BCUT2D eigenvalue weighted by molar-refractivity contribution is 0.0927. The summed E-state index contributed by atoms with van der Waals surface area (Å²) in [7, 11) is 0. The number of carbonyl (C=O) groups excluding carboxylic acids is 2. The zero-order valence-corrected chi connectivity index (χ0v) is 21.2. The molecule has 0 saturated heterocycles. The Morgan fingerprint density at radius 3 is 2.38 bits per heavy atom. The minimum absolute atomic E-state index is 0.115. The first-order chi connectivity index (χ1) is 16.3. The standard InChI is InChI=1S/C29H30N2O2S/c1-6-9-24(22-11-8-7-10-19(22)4)31-29(33)28-25(20(5)32)26-27(34-28)23(12-13-30-26)21-15-17(2)14-18(3)16-21/h7-8,10-16,24H,6,9H2,1-5H3,(H,31,33). The first-order valence-electron chi connectivity index (χ1n) is 11.7. The van der Waals surface area contributed by atoms with Crippen LogP contribution in [0.25, 0.3) is 21.3 Å². The Bertz CT molecular complexity index is 1370. The van der Waals surface area contributed by atoms with Crippen LogP contribution in [0.3, 0.4) is 0 Å². The molecule has 1 amide bonds. The number of thiophene rings is 1. The third-order valence-corrected chi connectivity index (χ3v) is 7.32. The summed E-state index contributed by atoms with van der Waals surface area (Å²) in [6.07, 6.45) is 3.48. The van der Waals surface area contributed by atoms with Crippen molar-refractivity contribution in [2.45, 2.75) is 53.5 Å². The molecule has 4 nitrogen and oxygen atoms in total. The summed E-state index contributed by atoms with van der Waals surface area (Å²) in [5.74, 6) is -0.370. The number of amides is 1. The smallest absolute Gasteiger partial charge is 0.262 e. The lowest BCUT2D eigenvalue weighted by Crippen LogP contribution is -2.29. The molecule has 0 aliphatic heterocycles. The topological polar surface area (TPSA) is 59.1 Å². The van der Waals surface area contributed by atoms with Crippen molar-refractivity contribution in [3.8, 4) is 11.1 Å². The van der Waals surface area contributed by atoms with Crippen LogP contribution in [0.15, 0.2) is 54.7 Å². The molecule has 2 aromatic carbocycles. The van der Waals surface area contributed by atoms with Crippen LogP contribution in [0.5, 0.6) is 0 Å². The highest BCUT2D eigenvalue weighted by molar-refractivity contribution is 7.21. The second kappa shape index (κ2) is 9.90. The van der Waals surface area contributed by atoms with Crippen molar-refractivity contribution in [2.75, 3.05) is 0 Å². The number of hydrogen-bond donors (Lipinski definition) is 1. The largest absolute Gasteiger partial charge is 0.345 e. The molecular formula is C29H30N2O2S. The number of rotatable bonds is 7. The van der Waals surface area contributed by atoms with Gasteiger partial charge in [-0.1, -0.05) is 66.9 Å². The van der Waals surface area contributed by atoms with Crippen molar-refractivity contribution in [1.82, 2.24) is 10.3 Å². The molecule has 34 heavy (non-hydrogen) atoms. The molecular weight excluding hydrogens is 440 g/mol. The number of Topliss-reactive ketones (excluding diaryl/α,β-unsaturated/α-hetero) is 1. The first-order valence-corrected chi connectivity index (χ1v) is 12.5. The molecule has 0 aliphatic carbocycles. The van der Waals surface area contributed by atoms with Crippen molar-refractivity contribution in [2.24, 2.45) is 0 Å². The maximum absolute atomic E-state index is 13.6. The van der Waals surface area contributed by atoms with Crippen molar-refractivity contribution in [1.29, 1.82) is 0 Å². The van der Waals surface area contributed by atoms with E-state index in [0.29, 0.717) is 16.0 Å². The number of hydrogen-bond acceptors (Lipinski definition) is 4. The van der Waals surface area contributed by atoms with E-state index in [1.807, 2.05) is 18.2 Å². The number of ketones is 1. The van der Waals surface area contributed by atoms with Gasteiger partial charge in [0.1, 0.15) is 4.88 Å². The Labute approximate surface area is 205 Å². The number of aromatic nitrogens is 1. The quantitative estimate of drug-likeness (QED) is 0.287. The number of pyridine rings is 1.